The number of hydrogen-bond acceptors (Lipinski definition) is 5. The predicted octanol–water partition coefficient (Wildman–Crippen LogP) is 2.87. The number of aromatic nitrogens is 1. The number of aryl methyl sites for hydroxylation is 2. The SMILES string of the molecule is CNc1snc(C)c1C(=O)NC(C)c1ccc2c(c1)CCC(=O)N2. The van der Waals surface area contributed by atoms with Gasteiger partial charge in [-0.15, -0.1) is 0 Å². The first-order valence-electron chi connectivity index (χ1n) is 7.87. The summed E-state index contributed by atoms with van der Waals surface area (Å²) in [5, 5.41) is 9.68. The van der Waals surface area contributed by atoms with Crippen LogP contribution in [0, 0.1) is 6.92 Å². The molecule has 2 amide bonds. The summed E-state index contributed by atoms with van der Waals surface area (Å²) in [6, 6.07) is 5.76. The van der Waals surface area contributed by atoms with Crippen molar-refractivity contribution in [2.45, 2.75) is 32.7 Å². The van der Waals surface area contributed by atoms with E-state index in [0.717, 1.165) is 33.9 Å². The van der Waals surface area contributed by atoms with Gasteiger partial charge in [0.1, 0.15) is 5.00 Å². The molecule has 1 aliphatic heterocycles. The van der Waals surface area contributed by atoms with Crippen molar-refractivity contribution in [2.24, 2.45) is 0 Å². The highest BCUT2D eigenvalue weighted by atomic mass is 32.1. The van der Waals surface area contributed by atoms with Gasteiger partial charge in [0.15, 0.2) is 0 Å². The van der Waals surface area contributed by atoms with Crippen molar-refractivity contribution >= 4 is 34.0 Å². The van der Waals surface area contributed by atoms with Gasteiger partial charge in [-0.1, -0.05) is 12.1 Å². The Morgan fingerprint density at radius 3 is 2.92 bits per heavy atom. The van der Waals surface area contributed by atoms with E-state index in [2.05, 4.69) is 26.4 Å². The van der Waals surface area contributed by atoms with Crippen LogP contribution in [0.1, 0.15) is 46.6 Å². The highest BCUT2D eigenvalue weighted by Gasteiger charge is 2.21. The summed E-state index contributed by atoms with van der Waals surface area (Å²) in [6.45, 7) is 3.79. The Labute approximate surface area is 144 Å². The molecule has 1 aromatic carbocycles. The normalized spacial score (nSPS) is 14.5. The monoisotopic (exact) mass is 344 g/mol. The molecule has 0 radical (unpaired) electrons. The first-order valence-corrected chi connectivity index (χ1v) is 8.64. The Hall–Kier alpha value is -2.41. The third-order valence-electron chi connectivity index (χ3n) is 4.19. The lowest BCUT2D eigenvalue weighted by Gasteiger charge is -2.20. The first-order chi connectivity index (χ1) is 11.5. The van der Waals surface area contributed by atoms with Gasteiger partial charge in [0.05, 0.1) is 17.3 Å². The first kappa shape index (κ1) is 16.4. The number of carbonyl (C=O) groups excluding carboxylic acids is 2. The summed E-state index contributed by atoms with van der Waals surface area (Å²) in [7, 11) is 1.78. The zero-order valence-electron chi connectivity index (χ0n) is 13.9. The molecular formula is C17H20N4O2S. The van der Waals surface area contributed by atoms with E-state index in [4.69, 9.17) is 0 Å². The Kier molecular flexibility index (Phi) is 4.53. The fourth-order valence-corrected chi connectivity index (χ4v) is 3.58. The van der Waals surface area contributed by atoms with Crippen LogP contribution in [-0.2, 0) is 11.2 Å². The Morgan fingerprint density at radius 1 is 1.38 bits per heavy atom. The van der Waals surface area contributed by atoms with Crippen molar-refractivity contribution < 1.29 is 9.59 Å². The molecule has 2 aromatic rings. The second-order valence-electron chi connectivity index (χ2n) is 5.88. The van der Waals surface area contributed by atoms with Crippen LogP contribution in [0.3, 0.4) is 0 Å². The molecule has 2 heterocycles. The minimum absolute atomic E-state index is 0.0524. The molecule has 1 aliphatic rings. The number of fused-ring (bicyclic) bond motifs is 1. The molecule has 1 atom stereocenters. The number of anilines is 2. The largest absolute Gasteiger partial charge is 0.378 e. The van der Waals surface area contributed by atoms with Crippen LogP contribution >= 0.6 is 11.5 Å². The van der Waals surface area contributed by atoms with Crippen LogP contribution in [-0.4, -0.2) is 23.2 Å². The topological polar surface area (TPSA) is 83.1 Å². The number of carbonyl (C=O) groups is 2. The second-order valence-corrected chi connectivity index (χ2v) is 6.66. The van der Waals surface area contributed by atoms with Crippen molar-refractivity contribution in [1.82, 2.24) is 9.69 Å². The maximum atomic E-state index is 12.6. The lowest BCUT2D eigenvalue weighted by molar-refractivity contribution is -0.116. The van der Waals surface area contributed by atoms with E-state index in [1.807, 2.05) is 26.0 Å². The molecule has 1 aromatic heterocycles. The lowest BCUT2D eigenvalue weighted by Crippen LogP contribution is -2.28. The van der Waals surface area contributed by atoms with Crippen LogP contribution in [0.15, 0.2) is 18.2 Å². The molecule has 24 heavy (non-hydrogen) atoms. The van der Waals surface area contributed by atoms with Crippen LogP contribution < -0.4 is 16.0 Å². The molecule has 0 saturated carbocycles. The summed E-state index contributed by atoms with van der Waals surface area (Å²) >= 11 is 1.28. The highest BCUT2D eigenvalue weighted by Crippen LogP contribution is 2.27. The van der Waals surface area contributed by atoms with E-state index >= 15 is 0 Å². The van der Waals surface area contributed by atoms with Gasteiger partial charge in [-0.3, -0.25) is 9.59 Å². The number of nitrogens with zero attached hydrogens (tertiary/aromatic N) is 1. The molecule has 0 bridgehead atoms. The Bertz CT molecular complexity index is 800. The van der Waals surface area contributed by atoms with Gasteiger partial charge < -0.3 is 16.0 Å². The molecule has 7 heteroatoms. The molecule has 3 N–H and O–H groups in total. The molecule has 0 fully saturated rings. The fourth-order valence-electron chi connectivity index (χ4n) is 2.83. The highest BCUT2D eigenvalue weighted by molar-refractivity contribution is 7.10. The van der Waals surface area contributed by atoms with E-state index in [0.29, 0.717) is 12.0 Å². The molecule has 3 rings (SSSR count). The van der Waals surface area contributed by atoms with E-state index < -0.39 is 0 Å². The quantitative estimate of drug-likeness (QED) is 0.796. The van der Waals surface area contributed by atoms with Crippen molar-refractivity contribution in [3.05, 3.63) is 40.6 Å². The Balaban J connectivity index is 1.77. The van der Waals surface area contributed by atoms with E-state index in [9.17, 15) is 9.59 Å². The fraction of sp³-hybridized carbons (Fsp3) is 0.353. The van der Waals surface area contributed by atoms with E-state index in [1.54, 1.807) is 7.05 Å². The summed E-state index contributed by atoms with van der Waals surface area (Å²) in [5.74, 6) is -0.0826. The Morgan fingerprint density at radius 2 is 2.17 bits per heavy atom. The molecule has 0 saturated heterocycles. The number of rotatable bonds is 4. The van der Waals surface area contributed by atoms with Gasteiger partial charge in [-0.2, -0.15) is 4.37 Å². The second kappa shape index (κ2) is 6.60. The standard InChI is InChI=1S/C17H20N4O2S/c1-9(19-16(23)15-10(2)21-24-17(15)18-3)11-4-6-13-12(8-11)5-7-14(22)20-13/h4,6,8-9,18H,5,7H2,1-3H3,(H,19,23)(H,20,22). The molecular weight excluding hydrogens is 324 g/mol. The average molecular weight is 344 g/mol. The minimum Gasteiger partial charge on any atom is -0.378 e. The summed E-state index contributed by atoms with van der Waals surface area (Å²) < 4.78 is 4.23. The molecule has 0 aliphatic carbocycles. The van der Waals surface area contributed by atoms with Gasteiger partial charge in [-0.25, -0.2) is 0 Å². The zero-order valence-corrected chi connectivity index (χ0v) is 14.7. The van der Waals surface area contributed by atoms with Gasteiger partial charge in [0.25, 0.3) is 5.91 Å². The van der Waals surface area contributed by atoms with Gasteiger partial charge in [0, 0.05) is 19.2 Å². The number of amides is 2. The third-order valence-corrected chi connectivity index (χ3v) is 5.15. The maximum absolute atomic E-state index is 12.6. The predicted molar refractivity (Wildman–Crippen MR) is 95.7 cm³/mol. The number of nitrogens with one attached hydrogen (secondary N) is 3. The van der Waals surface area contributed by atoms with Crippen molar-refractivity contribution in [3.8, 4) is 0 Å². The van der Waals surface area contributed by atoms with E-state index in [-0.39, 0.29) is 17.9 Å². The number of benzene rings is 1. The van der Waals surface area contributed by atoms with E-state index in [1.165, 1.54) is 11.5 Å². The summed E-state index contributed by atoms with van der Waals surface area (Å²) in [4.78, 5) is 24.0. The van der Waals surface area contributed by atoms with Crippen molar-refractivity contribution in [2.75, 3.05) is 17.7 Å². The smallest absolute Gasteiger partial charge is 0.256 e. The zero-order chi connectivity index (χ0) is 17.3. The van der Waals surface area contributed by atoms with Crippen LogP contribution in [0.2, 0.25) is 0 Å². The van der Waals surface area contributed by atoms with Crippen molar-refractivity contribution in [3.63, 3.8) is 0 Å². The lowest BCUT2D eigenvalue weighted by atomic mass is 9.97. The number of hydrogen-bond donors (Lipinski definition) is 3. The van der Waals surface area contributed by atoms with Gasteiger partial charge in [-0.05, 0) is 49.0 Å². The van der Waals surface area contributed by atoms with Gasteiger partial charge >= 0.3 is 0 Å². The van der Waals surface area contributed by atoms with Gasteiger partial charge in [0.2, 0.25) is 5.91 Å². The molecule has 0 spiro atoms. The molecule has 6 nitrogen and oxygen atoms in total. The van der Waals surface area contributed by atoms with Crippen LogP contribution in [0.5, 0.6) is 0 Å². The maximum Gasteiger partial charge on any atom is 0.256 e. The molecule has 126 valence electrons. The van der Waals surface area contributed by atoms with Crippen molar-refractivity contribution in [1.29, 1.82) is 0 Å². The molecule has 1 unspecified atom stereocenters. The third kappa shape index (κ3) is 3.12. The summed E-state index contributed by atoms with van der Waals surface area (Å²) in [5.41, 5.74) is 4.31. The summed E-state index contributed by atoms with van der Waals surface area (Å²) in [6.07, 6.45) is 1.23. The average Bonchev–Trinajstić information content (AvgIpc) is 2.95. The van der Waals surface area contributed by atoms with Crippen LogP contribution in [0.25, 0.3) is 0 Å². The van der Waals surface area contributed by atoms with Crippen LogP contribution in [0.4, 0.5) is 10.7 Å². The minimum atomic E-state index is -0.135.